The second-order valence-corrected chi connectivity index (χ2v) is 8.11. The number of hydrogen-bond acceptors (Lipinski definition) is 7. The number of methoxy groups -OCH3 is 1. The van der Waals surface area contributed by atoms with Crippen molar-refractivity contribution in [3.63, 3.8) is 0 Å². The van der Waals surface area contributed by atoms with Crippen molar-refractivity contribution in [2.45, 2.75) is 26.4 Å². The van der Waals surface area contributed by atoms with Gasteiger partial charge in [0.25, 0.3) is 6.43 Å². The normalized spacial score (nSPS) is 15.9. The Morgan fingerprint density at radius 2 is 2.03 bits per heavy atom. The number of ether oxygens (including phenoxy) is 3. The molecule has 5 rings (SSSR count). The lowest BCUT2D eigenvalue weighted by atomic mass is 10.1. The van der Waals surface area contributed by atoms with Crippen molar-refractivity contribution in [1.29, 1.82) is 0 Å². The van der Waals surface area contributed by atoms with Crippen LogP contribution >= 0.6 is 11.3 Å². The molecule has 1 aliphatic heterocycles. The number of alkyl halides is 2. The lowest BCUT2D eigenvalue weighted by Crippen LogP contribution is -2.25. The minimum atomic E-state index is -2.65. The minimum Gasteiger partial charge on any atom is -0.484 e. The van der Waals surface area contributed by atoms with Crippen LogP contribution in [-0.4, -0.2) is 34.8 Å². The van der Waals surface area contributed by atoms with E-state index in [2.05, 4.69) is 9.97 Å². The third kappa shape index (κ3) is 3.00. The van der Waals surface area contributed by atoms with Crippen LogP contribution in [0, 0.1) is 6.92 Å². The lowest BCUT2D eigenvalue weighted by molar-refractivity contribution is 0.106. The van der Waals surface area contributed by atoms with Crippen LogP contribution in [0.4, 0.5) is 8.78 Å². The molecule has 0 radical (unpaired) electrons. The van der Waals surface area contributed by atoms with Gasteiger partial charge < -0.3 is 14.2 Å². The van der Waals surface area contributed by atoms with Gasteiger partial charge in [0, 0.05) is 11.1 Å². The molecule has 30 heavy (non-hydrogen) atoms. The number of fused-ring (bicyclic) bond motifs is 4. The molecule has 0 unspecified atom stereocenters. The Balaban J connectivity index is 1.76. The Morgan fingerprint density at radius 3 is 2.80 bits per heavy atom. The highest BCUT2D eigenvalue weighted by molar-refractivity contribution is 7.22. The molecule has 154 valence electrons. The van der Waals surface area contributed by atoms with Crippen LogP contribution < -0.4 is 14.2 Å². The van der Waals surface area contributed by atoms with Crippen LogP contribution in [-0.2, 0) is 0 Å². The summed E-state index contributed by atoms with van der Waals surface area (Å²) in [5.41, 5.74) is 2.84. The molecule has 1 atom stereocenters. The van der Waals surface area contributed by atoms with E-state index in [4.69, 9.17) is 19.2 Å². The van der Waals surface area contributed by atoms with E-state index in [1.54, 1.807) is 0 Å². The SMILES string of the molecule is COc1cnc2c(-c3nc4c(C)cc5c(c4s3)OC[C@@H](C)O5)cc(C(F)F)cc2n1. The Kier molecular flexibility index (Phi) is 4.43. The molecule has 0 fully saturated rings. The molecule has 2 aromatic heterocycles. The minimum absolute atomic E-state index is 0.0429. The summed E-state index contributed by atoms with van der Waals surface area (Å²) in [4.78, 5) is 13.4. The second kappa shape index (κ2) is 7.02. The van der Waals surface area contributed by atoms with Gasteiger partial charge in [0.2, 0.25) is 5.88 Å². The molecule has 4 aromatic rings. The third-order valence-corrected chi connectivity index (χ3v) is 5.99. The van der Waals surface area contributed by atoms with Crippen molar-refractivity contribution in [3.8, 4) is 28.0 Å². The van der Waals surface area contributed by atoms with Crippen molar-refractivity contribution in [2.75, 3.05) is 13.7 Å². The Morgan fingerprint density at radius 1 is 1.20 bits per heavy atom. The summed E-state index contributed by atoms with van der Waals surface area (Å²) in [5.74, 6) is 1.57. The predicted octanol–water partition coefficient (Wildman–Crippen LogP) is 5.32. The van der Waals surface area contributed by atoms with Gasteiger partial charge in [-0.2, -0.15) is 0 Å². The highest BCUT2D eigenvalue weighted by Gasteiger charge is 2.25. The first-order chi connectivity index (χ1) is 14.4. The predicted molar refractivity (Wildman–Crippen MR) is 110 cm³/mol. The van der Waals surface area contributed by atoms with E-state index in [9.17, 15) is 8.78 Å². The van der Waals surface area contributed by atoms with Crippen molar-refractivity contribution in [1.82, 2.24) is 15.0 Å². The fraction of sp³-hybridized carbons (Fsp3) is 0.286. The average Bonchev–Trinajstić information content (AvgIpc) is 3.18. The van der Waals surface area contributed by atoms with Crippen LogP contribution in [0.15, 0.2) is 24.4 Å². The molecular weight excluding hydrogens is 412 g/mol. The number of nitrogens with zero attached hydrogens (tertiary/aromatic N) is 3. The maximum absolute atomic E-state index is 13.6. The van der Waals surface area contributed by atoms with Gasteiger partial charge in [-0.25, -0.2) is 23.7 Å². The largest absolute Gasteiger partial charge is 0.484 e. The molecule has 0 amide bonds. The van der Waals surface area contributed by atoms with Gasteiger partial charge in [0.1, 0.15) is 22.4 Å². The molecule has 2 aromatic carbocycles. The summed E-state index contributed by atoms with van der Waals surface area (Å²) in [6, 6.07) is 4.65. The zero-order valence-electron chi connectivity index (χ0n) is 16.4. The number of thiazole rings is 1. The number of halogens is 2. The smallest absolute Gasteiger partial charge is 0.263 e. The van der Waals surface area contributed by atoms with E-state index < -0.39 is 6.43 Å². The van der Waals surface area contributed by atoms with Gasteiger partial charge >= 0.3 is 0 Å². The van der Waals surface area contributed by atoms with Gasteiger partial charge in [-0.15, -0.1) is 11.3 Å². The summed E-state index contributed by atoms with van der Waals surface area (Å²) in [6.45, 7) is 4.32. The fourth-order valence-corrected chi connectivity index (χ4v) is 4.64. The van der Waals surface area contributed by atoms with E-state index in [-0.39, 0.29) is 17.5 Å². The monoisotopic (exact) mass is 429 g/mol. The first kappa shape index (κ1) is 18.9. The third-order valence-electron chi connectivity index (χ3n) is 4.91. The molecule has 0 saturated heterocycles. The van der Waals surface area contributed by atoms with Gasteiger partial charge in [0.05, 0.1) is 29.9 Å². The second-order valence-electron chi connectivity index (χ2n) is 7.11. The van der Waals surface area contributed by atoms with Crippen molar-refractivity contribution < 1.29 is 23.0 Å². The maximum Gasteiger partial charge on any atom is 0.263 e. The summed E-state index contributed by atoms with van der Waals surface area (Å²) >= 11 is 1.37. The quantitative estimate of drug-likeness (QED) is 0.439. The van der Waals surface area contributed by atoms with Crippen molar-refractivity contribution in [3.05, 3.63) is 35.5 Å². The van der Waals surface area contributed by atoms with Crippen LogP contribution in [0.3, 0.4) is 0 Å². The molecular formula is C21H17F2N3O3S. The highest BCUT2D eigenvalue weighted by atomic mass is 32.1. The van der Waals surface area contributed by atoms with Crippen LogP contribution in [0.2, 0.25) is 0 Å². The van der Waals surface area contributed by atoms with Crippen molar-refractivity contribution in [2.24, 2.45) is 0 Å². The zero-order valence-corrected chi connectivity index (χ0v) is 17.2. The molecule has 0 N–H and O–H groups in total. The highest BCUT2D eigenvalue weighted by Crippen LogP contribution is 2.46. The molecule has 0 bridgehead atoms. The molecule has 0 saturated carbocycles. The van der Waals surface area contributed by atoms with E-state index in [1.165, 1.54) is 36.8 Å². The van der Waals surface area contributed by atoms with Crippen LogP contribution in [0.5, 0.6) is 17.4 Å². The van der Waals surface area contributed by atoms with E-state index >= 15 is 0 Å². The standard InChI is InChI=1S/C21H17F2N3O3S/c1-9-4-14-18(28-8-10(2)29-14)19-16(9)26-21(30-19)12-5-11(20(22)23)6-13-17(12)24-7-15(25-13)27-3/h4-7,10,20H,8H2,1-3H3/t10-/m1/s1. The molecule has 0 spiro atoms. The molecule has 0 aliphatic carbocycles. The summed E-state index contributed by atoms with van der Waals surface area (Å²) in [5, 5.41) is 0.565. The number of rotatable bonds is 3. The molecule has 3 heterocycles. The van der Waals surface area contributed by atoms with Gasteiger partial charge in [0.15, 0.2) is 11.5 Å². The maximum atomic E-state index is 13.6. The molecule has 6 nitrogen and oxygen atoms in total. The topological polar surface area (TPSA) is 66.4 Å². The van der Waals surface area contributed by atoms with Crippen LogP contribution in [0.25, 0.3) is 31.8 Å². The first-order valence-electron chi connectivity index (χ1n) is 9.31. The molecule has 1 aliphatic rings. The van der Waals surface area contributed by atoms with Gasteiger partial charge in [-0.1, -0.05) is 0 Å². The summed E-state index contributed by atoms with van der Waals surface area (Å²) in [7, 11) is 1.45. The summed E-state index contributed by atoms with van der Waals surface area (Å²) < 4.78 is 44.9. The number of aromatic nitrogens is 3. The van der Waals surface area contributed by atoms with Gasteiger partial charge in [-0.3, -0.25) is 0 Å². The summed E-state index contributed by atoms with van der Waals surface area (Å²) in [6.07, 6.45) is -1.23. The first-order valence-corrected chi connectivity index (χ1v) is 10.1. The average molecular weight is 429 g/mol. The number of benzene rings is 2. The fourth-order valence-electron chi connectivity index (χ4n) is 3.49. The Hall–Kier alpha value is -3.07. The number of aryl methyl sites for hydroxylation is 1. The molecule has 9 heteroatoms. The van der Waals surface area contributed by atoms with Crippen LogP contribution in [0.1, 0.15) is 24.5 Å². The van der Waals surface area contributed by atoms with E-state index in [1.807, 2.05) is 19.9 Å². The lowest BCUT2D eigenvalue weighted by Gasteiger charge is -2.24. The van der Waals surface area contributed by atoms with Crippen molar-refractivity contribution >= 4 is 32.6 Å². The Labute approximate surface area is 174 Å². The van der Waals surface area contributed by atoms with E-state index in [0.717, 1.165) is 15.8 Å². The van der Waals surface area contributed by atoms with Gasteiger partial charge in [-0.05, 0) is 37.6 Å². The zero-order chi connectivity index (χ0) is 21.0. The number of hydrogen-bond donors (Lipinski definition) is 0. The van der Waals surface area contributed by atoms with E-state index in [0.29, 0.717) is 39.7 Å². The Bertz CT molecular complexity index is 1290.